The molecule has 0 fully saturated rings. The largest absolute Gasteiger partial charge is 0.375 e. The van der Waals surface area contributed by atoms with Gasteiger partial charge in [-0.3, -0.25) is 4.79 Å². The molecular formula is C11H12NO. The van der Waals surface area contributed by atoms with Gasteiger partial charge in [0.05, 0.1) is 6.04 Å². The molecule has 1 aliphatic rings. The van der Waals surface area contributed by atoms with E-state index in [2.05, 4.69) is 11.4 Å². The Labute approximate surface area is 78.0 Å². The van der Waals surface area contributed by atoms with Crippen molar-refractivity contribution in [3.8, 4) is 0 Å². The van der Waals surface area contributed by atoms with Crippen molar-refractivity contribution >= 4 is 11.5 Å². The van der Waals surface area contributed by atoms with Crippen molar-refractivity contribution in [2.75, 3.05) is 5.32 Å². The number of ketones is 1. The molecule has 1 aromatic rings. The molecule has 13 heavy (non-hydrogen) atoms. The van der Waals surface area contributed by atoms with Gasteiger partial charge in [-0.15, -0.1) is 0 Å². The first-order chi connectivity index (χ1) is 6.27. The number of fused-ring (bicyclic) bond motifs is 1. The van der Waals surface area contributed by atoms with Crippen LogP contribution in [-0.4, -0.2) is 11.8 Å². The molecule has 1 heterocycles. The van der Waals surface area contributed by atoms with Gasteiger partial charge in [0.2, 0.25) is 0 Å². The lowest BCUT2D eigenvalue weighted by atomic mass is 9.96. The van der Waals surface area contributed by atoms with E-state index in [1.807, 2.05) is 18.2 Å². The van der Waals surface area contributed by atoms with Gasteiger partial charge in [0.25, 0.3) is 0 Å². The Hall–Kier alpha value is -1.31. The summed E-state index contributed by atoms with van der Waals surface area (Å²) >= 11 is 0. The van der Waals surface area contributed by atoms with E-state index in [0.717, 1.165) is 18.5 Å². The summed E-state index contributed by atoms with van der Waals surface area (Å²) in [4.78, 5) is 11.1. The number of hydrogen-bond acceptors (Lipinski definition) is 2. The van der Waals surface area contributed by atoms with Gasteiger partial charge in [0.1, 0.15) is 0 Å². The summed E-state index contributed by atoms with van der Waals surface area (Å²) < 4.78 is 0. The Bertz CT molecular complexity index is 333. The van der Waals surface area contributed by atoms with Crippen LogP contribution >= 0.6 is 0 Å². The second kappa shape index (κ2) is 3.21. The smallest absolute Gasteiger partial charge is 0.151 e. The summed E-state index contributed by atoms with van der Waals surface area (Å²) in [7, 11) is 0. The minimum atomic E-state index is 0.00917. The zero-order valence-corrected chi connectivity index (χ0v) is 7.63. The number of nitrogens with one attached hydrogen (secondary N) is 1. The minimum Gasteiger partial charge on any atom is -0.375 e. The number of anilines is 1. The van der Waals surface area contributed by atoms with Crippen molar-refractivity contribution in [1.82, 2.24) is 0 Å². The SMILES string of the molecule is CC(=O)C1CCc2c[c]ccc2N1. The third-order valence-corrected chi connectivity index (χ3v) is 2.47. The van der Waals surface area contributed by atoms with Crippen LogP contribution in [0.5, 0.6) is 0 Å². The second-order valence-corrected chi connectivity index (χ2v) is 3.43. The van der Waals surface area contributed by atoms with Crippen LogP contribution < -0.4 is 5.32 Å². The summed E-state index contributed by atoms with van der Waals surface area (Å²) in [6, 6.07) is 8.88. The lowest BCUT2D eigenvalue weighted by Gasteiger charge is -2.24. The standard InChI is InChI=1S/C11H12NO/c1-8(13)10-7-6-9-4-2-3-5-11(9)12-10/h3-5,10,12H,6-7H2,1H3. The summed E-state index contributed by atoms with van der Waals surface area (Å²) in [5, 5.41) is 3.23. The molecule has 1 unspecified atom stereocenters. The van der Waals surface area contributed by atoms with Crippen LogP contribution in [0.15, 0.2) is 18.2 Å². The lowest BCUT2D eigenvalue weighted by molar-refractivity contribution is -0.117. The van der Waals surface area contributed by atoms with Gasteiger partial charge in [-0.2, -0.15) is 0 Å². The monoisotopic (exact) mass is 174 g/mol. The zero-order valence-electron chi connectivity index (χ0n) is 7.63. The van der Waals surface area contributed by atoms with E-state index in [9.17, 15) is 4.79 Å². The van der Waals surface area contributed by atoms with E-state index in [1.165, 1.54) is 5.56 Å². The van der Waals surface area contributed by atoms with Gasteiger partial charge in [0.15, 0.2) is 5.78 Å². The first kappa shape index (κ1) is 8.30. The zero-order chi connectivity index (χ0) is 9.26. The Morgan fingerprint density at radius 1 is 1.69 bits per heavy atom. The molecule has 1 aliphatic heterocycles. The Morgan fingerprint density at radius 3 is 3.31 bits per heavy atom. The maximum Gasteiger partial charge on any atom is 0.151 e. The molecule has 0 spiro atoms. The predicted octanol–water partition coefficient (Wildman–Crippen LogP) is 1.80. The average Bonchev–Trinajstić information content (AvgIpc) is 2.17. The quantitative estimate of drug-likeness (QED) is 0.703. The normalized spacial score (nSPS) is 20.2. The van der Waals surface area contributed by atoms with E-state index in [4.69, 9.17) is 0 Å². The van der Waals surface area contributed by atoms with Crippen LogP contribution in [0.4, 0.5) is 5.69 Å². The molecule has 0 saturated carbocycles. The number of aryl methyl sites for hydroxylation is 1. The molecule has 0 bridgehead atoms. The Kier molecular flexibility index (Phi) is 2.05. The van der Waals surface area contributed by atoms with Gasteiger partial charge in [-0.25, -0.2) is 0 Å². The number of rotatable bonds is 1. The highest BCUT2D eigenvalue weighted by Crippen LogP contribution is 2.24. The molecule has 1 N–H and O–H groups in total. The maximum absolute atomic E-state index is 11.1. The van der Waals surface area contributed by atoms with Crippen LogP contribution in [0.25, 0.3) is 0 Å². The van der Waals surface area contributed by atoms with E-state index < -0.39 is 0 Å². The molecule has 0 saturated heterocycles. The maximum atomic E-state index is 11.1. The van der Waals surface area contributed by atoms with Gasteiger partial charge < -0.3 is 5.32 Å². The molecule has 1 aromatic carbocycles. The van der Waals surface area contributed by atoms with Gasteiger partial charge in [-0.1, -0.05) is 6.07 Å². The highest BCUT2D eigenvalue weighted by molar-refractivity contribution is 5.85. The summed E-state index contributed by atoms with van der Waals surface area (Å²) in [5.74, 6) is 0.221. The van der Waals surface area contributed by atoms with Crippen molar-refractivity contribution in [3.05, 3.63) is 29.8 Å². The summed E-state index contributed by atoms with van der Waals surface area (Å²) in [6.45, 7) is 1.64. The average molecular weight is 174 g/mol. The number of Topliss-reactive ketones (excluding diaryl/α,β-unsaturated/α-hetero) is 1. The third kappa shape index (κ3) is 1.57. The Morgan fingerprint density at radius 2 is 2.54 bits per heavy atom. The van der Waals surface area contributed by atoms with E-state index in [0.29, 0.717) is 0 Å². The second-order valence-electron chi connectivity index (χ2n) is 3.43. The molecule has 0 aromatic heterocycles. The van der Waals surface area contributed by atoms with E-state index >= 15 is 0 Å². The molecule has 67 valence electrons. The fraction of sp³-hybridized carbons (Fsp3) is 0.364. The van der Waals surface area contributed by atoms with E-state index in [-0.39, 0.29) is 11.8 Å². The number of carbonyl (C=O) groups excluding carboxylic acids is 1. The van der Waals surface area contributed by atoms with Crippen molar-refractivity contribution in [2.24, 2.45) is 0 Å². The molecular weight excluding hydrogens is 162 g/mol. The number of hydrogen-bond donors (Lipinski definition) is 1. The van der Waals surface area contributed by atoms with Crippen LogP contribution in [-0.2, 0) is 11.2 Å². The van der Waals surface area contributed by atoms with E-state index in [1.54, 1.807) is 6.92 Å². The van der Waals surface area contributed by atoms with Crippen LogP contribution in [0.3, 0.4) is 0 Å². The summed E-state index contributed by atoms with van der Waals surface area (Å²) in [5.41, 5.74) is 2.35. The van der Waals surface area contributed by atoms with Gasteiger partial charge in [-0.05, 0) is 43.5 Å². The van der Waals surface area contributed by atoms with Crippen molar-refractivity contribution < 1.29 is 4.79 Å². The lowest BCUT2D eigenvalue weighted by Crippen LogP contribution is -2.31. The first-order valence-corrected chi connectivity index (χ1v) is 4.53. The van der Waals surface area contributed by atoms with Crippen LogP contribution in [0, 0.1) is 6.07 Å². The third-order valence-electron chi connectivity index (χ3n) is 2.47. The first-order valence-electron chi connectivity index (χ1n) is 4.53. The fourth-order valence-corrected chi connectivity index (χ4v) is 1.68. The molecule has 1 radical (unpaired) electrons. The molecule has 0 aliphatic carbocycles. The minimum absolute atomic E-state index is 0.00917. The Balaban J connectivity index is 2.24. The van der Waals surface area contributed by atoms with Crippen molar-refractivity contribution in [1.29, 1.82) is 0 Å². The van der Waals surface area contributed by atoms with Crippen LogP contribution in [0.2, 0.25) is 0 Å². The molecule has 2 rings (SSSR count). The van der Waals surface area contributed by atoms with Crippen LogP contribution in [0.1, 0.15) is 18.9 Å². The number of benzene rings is 1. The van der Waals surface area contributed by atoms with Gasteiger partial charge >= 0.3 is 0 Å². The van der Waals surface area contributed by atoms with Gasteiger partial charge in [0, 0.05) is 5.69 Å². The molecule has 2 heteroatoms. The molecule has 1 atom stereocenters. The highest BCUT2D eigenvalue weighted by Gasteiger charge is 2.19. The van der Waals surface area contributed by atoms with Crippen molar-refractivity contribution in [2.45, 2.75) is 25.8 Å². The molecule has 0 amide bonds. The number of carbonyl (C=O) groups is 1. The highest BCUT2D eigenvalue weighted by atomic mass is 16.1. The molecule has 2 nitrogen and oxygen atoms in total. The predicted molar refractivity (Wildman–Crippen MR) is 51.7 cm³/mol. The topological polar surface area (TPSA) is 29.1 Å². The van der Waals surface area contributed by atoms with Crippen molar-refractivity contribution in [3.63, 3.8) is 0 Å². The fourth-order valence-electron chi connectivity index (χ4n) is 1.68. The summed E-state index contributed by atoms with van der Waals surface area (Å²) in [6.07, 6.45) is 1.88.